The highest BCUT2D eigenvalue weighted by atomic mass is 15.4. The number of anilines is 1. The van der Waals surface area contributed by atoms with Crippen LogP contribution in [-0.2, 0) is 0 Å². The normalized spacial score (nSPS) is 11.2. The van der Waals surface area contributed by atoms with E-state index in [9.17, 15) is 0 Å². The van der Waals surface area contributed by atoms with Gasteiger partial charge >= 0.3 is 0 Å². The molecule has 0 aliphatic rings. The zero-order chi connectivity index (χ0) is 15.8. The first-order valence-corrected chi connectivity index (χ1v) is 7.73. The fraction of sp³-hybridized carbons (Fsp3) is 0.167. The Bertz CT molecular complexity index is 1000. The average molecular weight is 303 g/mol. The second-order valence-electron chi connectivity index (χ2n) is 5.50. The largest absolute Gasteiger partial charge is 0.370 e. The highest BCUT2D eigenvalue weighted by Gasteiger charge is 2.16. The molecule has 0 aliphatic carbocycles. The van der Waals surface area contributed by atoms with Crippen LogP contribution in [-0.4, -0.2) is 26.4 Å². The van der Waals surface area contributed by atoms with Crippen molar-refractivity contribution < 1.29 is 0 Å². The molecule has 0 radical (unpaired) electrons. The summed E-state index contributed by atoms with van der Waals surface area (Å²) in [6.07, 6.45) is 0. The Hall–Kier alpha value is -2.95. The minimum absolute atomic E-state index is 0.772. The molecule has 23 heavy (non-hydrogen) atoms. The third-order valence-electron chi connectivity index (χ3n) is 4.00. The fourth-order valence-corrected chi connectivity index (χ4v) is 2.88. The van der Waals surface area contributed by atoms with E-state index >= 15 is 0 Å². The summed E-state index contributed by atoms with van der Waals surface area (Å²) in [5.74, 6) is 0.868. The van der Waals surface area contributed by atoms with Crippen LogP contribution in [0.3, 0.4) is 0 Å². The van der Waals surface area contributed by atoms with Crippen molar-refractivity contribution in [2.24, 2.45) is 0 Å². The average Bonchev–Trinajstić information content (AvgIpc) is 3.00. The van der Waals surface area contributed by atoms with Gasteiger partial charge in [0.2, 0.25) is 0 Å². The molecule has 0 saturated heterocycles. The van der Waals surface area contributed by atoms with Gasteiger partial charge in [-0.1, -0.05) is 41.6 Å². The van der Waals surface area contributed by atoms with Gasteiger partial charge in [-0.25, -0.2) is 4.98 Å². The Kier molecular flexibility index (Phi) is 3.19. The van der Waals surface area contributed by atoms with Crippen LogP contribution in [0.25, 0.3) is 27.8 Å². The molecule has 1 N–H and O–H groups in total. The maximum absolute atomic E-state index is 4.80. The maximum Gasteiger partial charge on any atom is 0.186 e. The highest BCUT2D eigenvalue weighted by Crippen LogP contribution is 2.29. The number of hydrogen-bond acceptors (Lipinski definition) is 4. The molecule has 0 atom stereocenters. The number of fused-ring (bicyclic) bond motifs is 3. The van der Waals surface area contributed by atoms with Crippen molar-refractivity contribution in [3.05, 3.63) is 54.1 Å². The third kappa shape index (κ3) is 2.12. The van der Waals surface area contributed by atoms with Crippen molar-refractivity contribution in [1.82, 2.24) is 19.8 Å². The first-order valence-electron chi connectivity index (χ1n) is 7.73. The quantitative estimate of drug-likeness (QED) is 0.627. The number of benzene rings is 2. The van der Waals surface area contributed by atoms with Crippen LogP contribution in [0.2, 0.25) is 0 Å². The lowest BCUT2D eigenvalue weighted by Gasteiger charge is -2.09. The van der Waals surface area contributed by atoms with E-state index < -0.39 is 0 Å². The Balaban J connectivity index is 2.08. The minimum Gasteiger partial charge on any atom is -0.370 e. The third-order valence-corrected chi connectivity index (χ3v) is 4.00. The summed E-state index contributed by atoms with van der Waals surface area (Å²) in [6, 6.07) is 16.3. The zero-order valence-electron chi connectivity index (χ0n) is 13.1. The van der Waals surface area contributed by atoms with E-state index in [2.05, 4.69) is 47.7 Å². The van der Waals surface area contributed by atoms with E-state index in [0.717, 1.165) is 45.7 Å². The van der Waals surface area contributed by atoms with Crippen LogP contribution in [0, 0.1) is 6.92 Å². The molecule has 2 aromatic carbocycles. The molecular weight excluding hydrogens is 286 g/mol. The van der Waals surface area contributed by atoms with E-state index in [4.69, 9.17) is 4.98 Å². The lowest BCUT2D eigenvalue weighted by Crippen LogP contribution is -2.03. The van der Waals surface area contributed by atoms with Gasteiger partial charge in [0.05, 0.1) is 5.52 Å². The molecule has 2 aromatic heterocycles. The Morgan fingerprint density at radius 2 is 1.83 bits per heavy atom. The molecule has 0 amide bonds. The Labute approximate surface area is 134 Å². The lowest BCUT2D eigenvalue weighted by atomic mass is 10.1. The second-order valence-corrected chi connectivity index (χ2v) is 5.50. The molecule has 0 fully saturated rings. The number of para-hydroxylation sites is 1. The molecule has 0 aliphatic heterocycles. The van der Waals surface area contributed by atoms with Gasteiger partial charge in [-0.3, -0.25) is 0 Å². The molecule has 4 aromatic rings. The first kappa shape index (κ1) is 13.7. The smallest absolute Gasteiger partial charge is 0.186 e. The van der Waals surface area contributed by atoms with Crippen molar-refractivity contribution in [2.75, 3.05) is 11.9 Å². The van der Waals surface area contributed by atoms with Crippen molar-refractivity contribution in [2.45, 2.75) is 13.8 Å². The van der Waals surface area contributed by atoms with Gasteiger partial charge in [0, 0.05) is 17.5 Å². The molecule has 0 unspecified atom stereocenters. The van der Waals surface area contributed by atoms with Crippen LogP contribution in [0.4, 0.5) is 5.82 Å². The van der Waals surface area contributed by atoms with Crippen LogP contribution in [0.1, 0.15) is 12.5 Å². The predicted octanol–water partition coefficient (Wildman–Crippen LogP) is 3.68. The van der Waals surface area contributed by atoms with E-state index in [0.29, 0.717) is 0 Å². The van der Waals surface area contributed by atoms with Crippen LogP contribution in [0.5, 0.6) is 0 Å². The maximum atomic E-state index is 4.80. The van der Waals surface area contributed by atoms with Crippen molar-refractivity contribution >= 4 is 22.4 Å². The fourth-order valence-electron chi connectivity index (χ4n) is 2.88. The van der Waals surface area contributed by atoms with Crippen molar-refractivity contribution in [1.29, 1.82) is 0 Å². The summed E-state index contributed by atoms with van der Waals surface area (Å²) in [5.41, 5.74) is 4.81. The lowest BCUT2D eigenvalue weighted by molar-refractivity contribution is 0.876. The van der Waals surface area contributed by atoms with Gasteiger partial charge in [0.25, 0.3) is 0 Å². The SMILES string of the molecule is CCNc1nc2c(-c3ccccc3C)nnn2c2ccccc12. The first-order chi connectivity index (χ1) is 11.3. The summed E-state index contributed by atoms with van der Waals surface area (Å²) < 4.78 is 1.82. The van der Waals surface area contributed by atoms with E-state index in [-0.39, 0.29) is 0 Å². The van der Waals surface area contributed by atoms with Crippen molar-refractivity contribution in [3.63, 3.8) is 0 Å². The molecule has 0 saturated carbocycles. The summed E-state index contributed by atoms with van der Waals surface area (Å²) >= 11 is 0. The molecule has 5 nitrogen and oxygen atoms in total. The van der Waals surface area contributed by atoms with E-state index in [1.807, 2.05) is 34.8 Å². The summed E-state index contributed by atoms with van der Waals surface area (Å²) in [6.45, 7) is 4.96. The number of rotatable bonds is 3. The zero-order valence-corrected chi connectivity index (χ0v) is 13.1. The Morgan fingerprint density at radius 1 is 1.04 bits per heavy atom. The molecule has 4 rings (SSSR count). The van der Waals surface area contributed by atoms with Crippen LogP contribution in [0.15, 0.2) is 48.5 Å². The molecule has 114 valence electrons. The van der Waals surface area contributed by atoms with Gasteiger partial charge in [-0.2, -0.15) is 4.52 Å². The number of nitrogens with zero attached hydrogens (tertiary/aromatic N) is 4. The summed E-state index contributed by atoms with van der Waals surface area (Å²) in [7, 11) is 0. The molecule has 2 heterocycles. The van der Waals surface area contributed by atoms with Gasteiger partial charge in [-0.05, 0) is 31.5 Å². The number of aromatic nitrogens is 4. The van der Waals surface area contributed by atoms with Crippen LogP contribution >= 0.6 is 0 Å². The monoisotopic (exact) mass is 303 g/mol. The highest BCUT2D eigenvalue weighted by molar-refractivity contribution is 5.93. The minimum atomic E-state index is 0.772. The second kappa shape index (κ2) is 5.35. The van der Waals surface area contributed by atoms with Crippen LogP contribution < -0.4 is 5.32 Å². The number of aryl methyl sites for hydroxylation is 1. The molecule has 5 heteroatoms. The van der Waals surface area contributed by atoms with Gasteiger partial charge < -0.3 is 5.32 Å². The topological polar surface area (TPSA) is 55.1 Å². The number of hydrogen-bond donors (Lipinski definition) is 1. The van der Waals surface area contributed by atoms with Gasteiger partial charge in [-0.15, -0.1) is 5.10 Å². The number of nitrogens with one attached hydrogen (secondary N) is 1. The molecule has 0 bridgehead atoms. The van der Waals surface area contributed by atoms with Crippen molar-refractivity contribution in [3.8, 4) is 11.3 Å². The molecule has 0 spiro atoms. The van der Waals surface area contributed by atoms with E-state index in [1.54, 1.807) is 0 Å². The Morgan fingerprint density at radius 3 is 2.65 bits per heavy atom. The predicted molar refractivity (Wildman–Crippen MR) is 92.6 cm³/mol. The standard InChI is InChI=1S/C18H17N5/c1-3-19-17-14-10-6-7-11-15(14)23-18(20-17)16(21-22-23)13-9-5-4-8-12(13)2/h4-11H,3H2,1-2H3,(H,19,20). The summed E-state index contributed by atoms with van der Waals surface area (Å²) in [5, 5.41) is 13.1. The molecular formula is C18H17N5. The van der Waals surface area contributed by atoms with Gasteiger partial charge in [0.15, 0.2) is 5.65 Å². The summed E-state index contributed by atoms with van der Waals surface area (Å²) in [4.78, 5) is 4.80. The van der Waals surface area contributed by atoms with E-state index in [1.165, 1.54) is 0 Å². The van der Waals surface area contributed by atoms with Gasteiger partial charge in [0.1, 0.15) is 11.5 Å².